The zero-order valence-electron chi connectivity index (χ0n) is 21.4. The molecule has 0 amide bonds. The summed E-state index contributed by atoms with van der Waals surface area (Å²) < 4.78 is 76.7. The Morgan fingerprint density at radius 2 is 1.92 bits per heavy atom. The van der Waals surface area contributed by atoms with Crippen molar-refractivity contribution in [1.29, 1.82) is 0 Å². The number of hydrogen-bond acceptors (Lipinski definition) is 8. The highest BCUT2D eigenvalue weighted by Gasteiger charge is 2.35. The summed E-state index contributed by atoms with van der Waals surface area (Å²) in [5, 5.41) is 5.93. The number of hydrogen-bond donors (Lipinski definition) is 2. The van der Waals surface area contributed by atoms with Gasteiger partial charge in [0.1, 0.15) is 11.6 Å². The lowest BCUT2D eigenvalue weighted by atomic mass is 9.94. The SMILES string of the molecule is COC1=C(Nc2cc(NCc3ccccc3S(C)(=O)=O)c(C(F)(F)F)cn2)C(C)CC(N2CCOCC2)=C1. The summed E-state index contributed by atoms with van der Waals surface area (Å²) in [6.07, 6.45) is -0.160. The molecule has 0 bridgehead atoms. The summed E-state index contributed by atoms with van der Waals surface area (Å²) in [5.41, 5.74) is 1.03. The standard InChI is InChI=1S/C26H31F3N4O4S/c1-17-12-19(33-8-10-37-11-9-33)13-22(36-2)25(17)32-24-14-21(20(16-31-24)26(27,28)29)30-15-18-6-4-5-7-23(18)38(3,34)35/h4-7,13-14,16-17H,8-12,15H2,1-3H3,(H2,30,31,32). The monoisotopic (exact) mass is 552 g/mol. The van der Waals surface area contributed by atoms with E-state index in [9.17, 15) is 21.6 Å². The Bertz CT molecular complexity index is 1340. The van der Waals surface area contributed by atoms with Crippen molar-refractivity contribution >= 4 is 21.3 Å². The molecule has 1 aromatic heterocycles. The third-order valence-corrected chi connectivity index (χ3v) is 7.72. The lowest BCUT2D eigenvalue weighted by Gasteiger charge is -2.35. The molecule has 2 aromatic rings. The van der Waals surface area contributed by atoms with E-state index in [0.717, 1.165) is 37.7 Å². The van der Waals surface area contributed by atoms with Crippen molar-refractivity contribution in [3.63, 3.8) is 0 Å². The zero-order valence-corrected chi connectivity index (χ0v) is 22.2. The molecule has 38 heavy (non-hydrogen) atoms. The number of allylic oxidation sites excluding steroid dienone is 3. The number of aromatic nitrogens is 1. The Balaban J connectivity index is 1.63. The van der Waals surface area contributed by atoms with Crippen molar-refractivity contribution < 1.29 is 31.1 Å². The van der Waals surface area contributed by atoms with E-state index in [1.54, 1.807) is 25.3 Å². The molecule has 12 heteroatoms. The smallest absolute Gasteiger partial charge is 0.419 e. The first kappa shape index (κ1) is 27.8. The molecule has 1 aliphatic heterocycles. The van der Waals surface area contributed by atoms with Crippen LogP contribution in [0.5, 0.6) is 0 Å². The van der Waals surface area contributed by atoms with Crippen LogP contribution >= 0.6 is 0 Å². The normalized spacial score (nSPS) is 18.7. The summed E-state index contributed by atoms with van der Waals surface area (Å²) in [7, 11) is -2.00. The summed E-state index contributed by atoms with van der Waals surface area (Å²) in [6.45, 7) is 4.78. The number of alkyl halides is 3. The van der Waals surface area contributed by atoms with Gasteiger partial charge in [0, 0.05) is 55.8 Å². The van der Waals surface area contributed by atoms with Gasteiger partial charge < -0.3 is 25.0 Å². The molecular weight excluding hydrogens is 521 g/mol. The van der Waals surface area contributed by atoms with Crippen molar-refractivity contribution in [2.24, 2.45) is 5.92 Å². The number of halogens is 3. The highest BCUT2D eigenvalue weighted by Crippen LogP contribution is 2.37. The van der Waals surface area contributed by atoms with E-state index < -0.39 is 21.6 Å². The van der Waals surface area contributed by atoms with Crippen molar-refractivity contribution in [3.05, 3.63) is 70.9 Å². The zero-order chi connectivity index (χ0) is 27.5. The molecule has 1 saturated heterocycles. The second kappa shape index (κ2) is 11.2. The number of nitrogens with zero attached hydrogens (tertiary/aromatic N) is 2. The summed E-state index contributed by atoms with van der Waals surface area (Å²) in [4.78, 5) is 6.33. The molecular formula is C26H31F3N4O4S. The Hall–Kier alpha value is -3.25. The highest BCUT2D eigenvalue weighted by atomic mass is 32.2. The number of nitrogens with one attached hydrogen (secondary N) is 2. The molecule has 0 saturated carbocycles. The molecule has 206 valence electrons. The molecule has 0 spiro atoms. The largest absolute Gasteiger partial charge is 0.495 e. The van der Waals surface area contributed by atoms with Crippen LogP contribution in [-0.4, -0.2) is 58.0 Å². The number of ether oxygens (including phenoxy) is 2. The Labute approximate surface area is 220 Å². The van der Waals surface area contributed by atoms with Crippen molar-refractivity contribution in [3.8, 4) is 0 Å². The van der Waals surface area contributed by atoms with Crippen LogP contribution in [0.3, 0.4) is 0 Å². The molecule has 0 radical (unpaired) electrons. The van der Waals surface area contributed by atoms with Gasteiger partial charge in [0.2, 0.25) is 0 Å². The van der Waals surface area contributed by atoms with Gasteiger partial charge in [0.05, 0.1) is 42.2 Å². The van der Waals surface area contributed by atoms with Crippen molar-refractivity contribution in [1.82, 2.24) is 9.88 Å². The minimum absolute atomic E-state index is 0.00469. The van der Waals surface area contributed by atoms with Crippen LogP contribution in [0.2, 0.25) is 0 Å². The van der Waals surface area contributed by atoms with E-state index in [1.165, 1.54) is 12.1 Å². The second-order valence-electron chi connectivity index (χ2n) is 9.29. The average molecular weight is 553 g/mol. The number of pyridine rings is 1. The van der Waals surface area contributed by atoms with Crippen LogP contribution in [0.25, 0.3) is 0 Å². The maximum Gasteiger partial charge on any atom is 0.419 e. The highest BCUT2D eigenvalue weighted by molar-refractivity contribution is 7.90. The third kappa shape index (κ3) is 6.41. The molecule has 1 unspecified atom stereocenters. The van der Waals surface area contributed by atoms with E-state index in [-0.39, 0.29) is 28.9 Å². The Morgan fingerprint density at radius 3 is 2.58 bits per heavy atom. The minimum atomic E-state index is -4.66. The number of rotatable bonds is 8. The van der Waals surface area contributed by atoms with Crippen LogP contribution in [0, 0.1) is 5.92 Å². The van der Waals surface area contributed by atoms with E-state index in [0.29, 0.717) is 30.2 Å². The van der Waals surface area contributed by atoms with Crippen molar-refractivity contribution in [2.75, 3.05) is 50.3 Å². The first-order valence-corrected chi connectivity index (χ1v) is 14.0. The van der Waals surface area contributed by atoms with Crippen LogP contribution in [0.15, 0.2) is 64.7 Å². The number of benzene rings is 1. The molecule has 8 nitrogen and oxygen atoms in total. The van der Waals surface area contributed by atoms with Crippen LogP contribution in [0.4, 0.5) is 24.7 Å². The predicted octanol–water partition coefficient (Wildman–Crippen LogP) is 4.64. The van der Waals surface area contributed by atoms with Crippen molar-refractivity contribution in [2.45, 2.75) is 31.0 Å². The number of sulfone groups is 1. The fraction of sp³-hybridized carbons (Fsp3) is 0.423. The minimum Gasteiger partial charge on any atom is -0.495 e. The van der Waals surface area contributed by atoms with E-state index in [4.69, 9.17) is 9.47 Å². The molecule has 1 aromatic carbocycles. The molecule has 1 atom stereocenters. The Morgan fingerprint density at radius 1 is 1.21 bits per heavy atom. The van der Waals surface area contributed by atoms with Crippen LogP contribution in [-0.2, 0) is 32.0 Å². The fourth-order valence-electron chi connectivity index (χ4n) is 4.61. The van der Waals surface area contributed by atoms with Gasteiger partial charge in [0.15, 0.2) is 9.84 Å². The predicted molar refractivity (Wildman–Crippen MR) is 138 cm³/mol. The average Bonchev–Trinajstić information content (AvgIpc) is 2.88. The molecule has 4 rings (SSSR count). The van der Waals surface area contributed by atoms with Gasteiger partial charge in [-0.1, -0.05) is 25.1 Å². The van der Waals surface area contributed by atoms with Gasteiger partial charge in [-0.3, -0.25) is 0 Å². The lowest BCUT2D eigenvalue weighted by Crippen LogP contribution is -2.37. The van der Waals surface area contributed by atoms with Gasteiger partial charge >= 0.3 is 6.18 Å². The van der Waals surface area contributed by atoms with E-state index in [2.05, 4.69) is 20.5 Å². The fourth-order valence-corrected chi connectivity index (χ4v) is 5.55. The quantitative estimate of drug-likeness (QED) is 0.490. The maximum absolute atomic E-state index is 13.8. The summed E-state index contributed by atoms with van der Waals surface area (Å²) >= 11 is 0. The summed E-state index contributed by atoms with van der Waals surface area (Å²) in [6, 6.07) is 7.48. The Kier molecular flexibility index (Phi) is 8.22. The summed E-state index contributed by atoms with van der Waals surface area (Å²) in [5.74, 6) is 0.787. The third-order valence-electron chi connectivity index (χ3n) is 6.52. The van der Waals surface area contributed by atoms with Crippen LogP contribution in [0.1, 0.15) is 24.5 Å². The number of morpholine rings is 1. The second-order valence-corrected chi connectivity index (χ2v) is 11.3. The van der Waals surface area contributed by atoms with E-state index >= 15 is 0 Å². The topological polar surface area (TPSA) is 92.8 Å². The van der Waals surface area contributed by atoms with Gasteiger partial charge in [-0.05, 0) is 18.1 Å². The molecule has 1 fully saturated rings. The number of methoxy groups -OCH3 is 1. The van der Waals surface area contributed by atoms with Gasteiger partial charge in [-0.15, -0.1) is 0 Å². The molecule has 2 heterocycles. The first-order chi connectivity index (χ1) is 18.0. The molecule has 2 aliphatic rings. The van der Waals surface area contributed by atoms with Gasteiger partial charge in [-0.2, -0.15) is 13.2 Å². The van der Waals surface area contributed by atoms with Gasteiger partial charge in [0.25, 0.3) is 0 Å². The number of anilines is 2. The maximum atomic E-state index is 13.8. The molecule has 2 N–H and O–H groups in total. The molecule has 1 aliphatic carbocycles. The van der Waals surface area contributed by atoms with Gasteiger partial charge in [-0.25, -0.2) is 13.4 Å². The lowest BCUT2D eigenvalue weighted by molar-refractivity contribution is -0.137. The van der Waals surface area contributed by atoms with E-state index in [1.807, 2.05) is 13.0 Å². The van der Waals surface area contributed by atoms with Crippen LogP contribution < -0.4 is 10.6 Å². The first-order valence-electron chi connectivity index (χ1n) is 12.1.